The molecule has 18 heavy (non-hydrogen) atoms. The lowest BCUT2D eigenvalue weighted by atomic mass is 9.83. The second-order valence-electron chi connectivity index (χ2n) is 5.62. The van der Waals surface area contributed by atoms with E-state index in [1.165, 1.54) is 34.6 Å². The van der Waals surface area contributed by atoms with Crippen LogP contribution in [0.2, 0.25) is 0 Å². The van der Waals surface area contributed by atoms with Gasteiger partial charge in [-0.3, -0.25) is 0 Å². The Morgan fingerprint density at radius 2 is 2.22 bits per heavy atom. The average molecular weight is 264 g/mol. The minimum absolute atomic E-state index is 0.173. The van der Waals surface area contributed by atoms with Crippen molar-refractivity contribution in [3.05, 3.63) is 29.3 Å². The Bertz CT molecular complexity index is 401. The van der Waals surface area contributed by atoms with E-state index in [1.807, 2.05) is 11.8 Å². The molecule has 1 heterocycles. The van der Waals surface area contributed by atoms with Crippen molar-refractivity contribution in [1.82, 2.24) is 5.32 Å². The maximum Gasteiger partial charge on any atom is 0.0104 e. The van der Waals surface area contributed by atoms with E-state index in [0.717, 1.165) is 13.1 Å². The molecule has 0 saturated heterocycles. The van der Waals surface area contributed by atoms with Crippen LogP contribution in [0.1, 0.15) is 31.4 Å². The van der Waals surface area contributed by atoms with E-state index in [9.17, 15) is 0 Å². The lowest BCUT2D eigenvalue weighted by Gasteiger charge is -2.27. The fourth-order valence-corrected chi connectivity index (χ4v) is 3.41. The zero-order valence-corrected chi connectivity index (χ0v) is 12.3. The fourth-order valence-electron chi connectivity index (χ4n) is 2.39. The Morgan fingerprint density at radius 1 is 1.39 bits per heavy atom. The van der Waals surface area contributed by atoms with Gasteiger partial charge in [-0.25, -0.2) is 0 Å². The van der Waals surface area contributed by atoms with Gasteiger partial charge < -0.3 is 11.1 Å². The highest BCUT2D eigenvalue weighted by molar-refractivity contribution is 7.99. The molecule has 3 heteroatoms. The maximum atomic E-state index is 5.52. The van der Waals surface area contributed by atoms with Crippen LogP contribution in [0.5, 0.6) is 0 Å². The van der Waals surface area contributed by atoms with Crippen LogP contribution in [0.4, 0.5) is 0 Å². The van der Waals surface area contributed by atoms with Crippen LogP contribution in [-0.2, 0) is 11.8 Å². The highest BCUT2D eigenvalue weighted by atomic mass is 32.2. The number of nitrogens with two attached hydrogens (primary N) is 1. The molecule has 0 aliphatic carbocycles. The Labute approximate surface area is 115 Å². The second kappa shape index (κ2) is 6.09. The van der Waals surface area contributed by atoms with Gasteiger partial charge in [-0.15, -0.1) is 11.8 Å². The summed E-state index contributed by atoms with van der Waals surface area (Å²) in [5, 5.41) is 3.42. The summed E-state index contributed by atoms with van der Waals surface area (Å²) in [4.78, 5) is 1.48. The molecular formula is C15H24N2S. The lowest BCUT2D eigenvalue weighted by Crippen LogP contribution is -2.35. The van der Waals surface area contributed by atoms with Gasteiger partial charge in [0.15, 0.2) is 0 Å². The van der Waals surface area contributed by atoms with E-state index in [-0.39, 0.29) is 5.41 Å². The van der Waals surface area contributed by atoms with Gasteiger partial charge in [0.05, 0.1) is 0 Å². The molecule has 0 aromatic heterocycles. The smallest absolute Gasteiger partial charge is 0.0104 e. The number of hydrogen-bond donors (Lipinski definition) is 2. The minimum atomic E-state index is 0.173. The quantitative estimate of drug-likeness (QED) is 0.803. The maximum absolute atomic E-state index is 5.52. The van der Waals surface area contributed by atoms with E-state index in [1.54, 1.807) is 0 Å². The summed E-state index contributed by atoms with van der Waals surface area (Å²) in [5.74, 6) is 1.27. The zero-order chi connectivity index (χ0) is 13.0. The second-order valence-corrected chi connectivity index (χ2v) is 6.76. The van der Waals surface area contributed by atoms with Crippen molar-refractivity contribution in [2.45, 2.75) is 37.0 Å². The molecule has 0 fully saturated rings. The summed E-state index contributed by atoms with van der Waals surface area (Å²) in [5.41, 5.74) is 8.67. The first-order valence-electron chi connectivity index (χ1n) is 6.80. The number of hydrogen-bond acceptors (Lipinski definition) is 3. The predicted molar refractivity (Wildman–Crippen MR) is 80.4 cm³/mol. The third-order valence-corrected chi connectivity index (χ3v) is 4.78. The van der Waals surface area contributed by atoms with Crippen LogP contribution in [0, 0.1) is 0 Å². The third-order valence-electron chi connectivity index (χ3n) is 3.58. The highest BCUT2D eigenvalue weighted by Crippen LogP contribution is 2.33. The molecule has 0 amide bonds. The molecule has 1 aromatic carbocycles. The largest absolute Gasteiger partial charge is 0.329 e. The lowest BCUT2D eigenvalue weighted by molar-refractivity contribution is 0.472. The first-order chi connectivity index (χ1) is 8.63. The van der Waals surface area contributed by atoms with Crippen LogP contribution in [-0.4, -0.2) is 25.4 Å². The van der Waals surface area contributed by atoms with Gasteiger partial charge >= 0.3 is 0 Å². The number of nitrogens with one attached hydrogen (secondary N) is 1. The van der Waals surface area contributed by atoms with Crippen molar-refractivity contribution in [1.29, 1.82) is 0 Å². The first-order valence-corrected chi connectivity index (χ1v) is 7.79. The topological polar surface area (TPSA) is 38.0 Å². The molecule has 0 saturated carbocycles. The molecule has 0 spiro atoms. The molecule has 2 nitrogen and oxygen atoms in total. The molecular weight excluding hydrogens is 240 g/mol. The molecule has 0 unspecified atom stereocenters. The van der Waals surface area contributed by atoms with E-state index >= 15 is 0 Å². The van der Waals surface area contributed by atoms with Crippen LogP contribution in [0.15, 0.2) is 23.1 Å². The van der Waals surface area contributed by atoms with E-state index in [4.69, 9.17) is 5.73 Å². The van der Waals surface area contributed by atoms with Gasteiger partial charge in [-0.05, 0) is 35.8 Å². The Hall–Kier alpha value is -0.510. The van der Waals surface area contributed by atoms with Crippen molar-refractivity contribution in [2.75, 3.05) is 25.4 Å². The highest BCUT2D eigenvalue weighted by Gasteiger charge is 2.21. The van der Waals surface area contributed by atoms with Crippen molar-refractivity contribution in [3.63, 3.8) is 0 Å². The van der Waals surface area contributed by atoms with Crippen LogP contribution in [0.25, 0.3) is 0 Å². The molecule has 2 rings (SSSR count). The summed E-state index contributed by atoms with van der Waals surface area (Å²) >= 11 is 2.00. The summed E-state index contributed by atoms with van der Waals surface area (Å²) in [7, 11) is 0. The predicted octanol–water partition coefficient (Wildman–Crippen LogP) is 2.55. The van der Waals surface area contributed by atoms with E-state index < -0.39 is 0 Å². The molecule has 100 valence electrons. The van der Waals surface area contributed by atoms with Crippen molar-refractivity contribution >= 4 is 11.8 Å². The van der Waals surface area contributed by atoms with Crippen molar-refractivity contribution in [3.8, 4) is 0 Å². The van der Waals surface area contributed by atoms with Gasteiger partial charge in [0, 0.05) is 29.9 Å². The number of thioether (sulfide) groups is 1. The number of fused-ring (bicyclic) bond motifs is 1. The number of benzene rings is 1. The fraction of sp³-hybridized carbons (Fsp3) is 0.600. The van der Waals surface area contributed by atoms with Crippen LogP contribution < -0.4 is 11.1 Å². The zero-order valence-electron chi connectivity index (χ0n) is 11.5. The molecule has 3 N–H and O–H groups in total. The summed E-state index contributed by atoms with van der Waals surface area (Å²) < 4.78 is 0. The molecule has 1 aliphatic rings. The average Bonchev–Trinajstić information content (AvgIpc) is 2.38. The van der Waals surface area contributed by atoms with Gasteiger partial charge in [0.2, 0.25) is 0 Å². The standard InChI is InChI=1S/C15H24N2S/c1-15(2,11-17-8-7-16)13-5-6-14-12(10-13)4-3-9-18-14/h5-6,10,17H,3-4,7-9,11,16H2,1-2H3. The van der Waals surface area contributed by atoms with Crippen LogP contribution >= 0.6 is 11.8 Å². The summed E-state index contributed by atoms with van der Waals surface area (Å²) in [6.45, 7) is 7.18. The first kappa shape index (κ1) is 13.9. The summed E-state index contributed by atoms with van der Waals surface area (Å²) in [6.07, 6.45) is 2.55. The molecule has 0 atom stereocenters. The Balaban J connectivity index is 2.11. The molecule has 1 aliphatic heterocycles. The molecule has 0 bridgehead atoms. The monoisotopic (exact) mass is 264 g/mol. The van der Waals surface area contributed by atoms with E-state index in [2.05, 4.69) is 37.4 Å². The molecule has 1 aromatic rings. The van der Waals surface area contributed by atoms with Crippen LogP contribution in [0.3, 0.4) is 0 Å². The number of rotatable bonds is 5. The Kier molecular flexibility index (Phi) is 4.71. The van der Waals surface area contributed by atoms with Gasteiger partial charge in [-0.1, -0.05) is 26.0 Å². The molecule has 0 radical (unpaired) electrons. The normalized spacial score (nSPS) is 15.5. The minimum Gasteiger partial charge on any atom is -0.329 e. The van der Waals surface area contributed by atoms with Crippen molar-refractivity contribution < 1.29 is 0 Å². The third kappa shape index (κ3) is 3.28. The number of aryl methyl sites for hydroxylation is 1. The van der Waals surface area contributed by atoms with Crippen molar-refractivity contribution in [2.24, 2.45) is 5.73 Å². The van der Waals surface area contributed by atoms with E-state index in [0.29, 0.717) is 6.54 Å². The summed E-state index contributed by atoms with van der Waals surface area (Å²) in [6, 6.07) is 7.01. The van der Waals surface area contributed by atoms with Gasteiger partial charge in [0.25, 0.3) is 0 Å². The Morgan fingerprint density at radius 3 is 3.00 bits per heavy atom. The van der Waals surface area contributed by atoms with Gasteiger partial charge in [-0.2, -0.15) is 0 Å². The SMILES string of the molecule is CC(C)(CNCCN)c1ccc2c(c1)CCCS2. The van der Waals surface area contributed by atoms with Gasteiger partial charge in [0.1, 0.15) is 0 Å².